The van der Waals surface area contributed by atoms with Crippen LogP contribution in [0.15, 0.2) is 30.6 Å². The van der Waals surface area contributed by atoms with Gasteiger partial charge in [-0.15, -0.1) is 0 Å². The number of fused-ring (bicyclic) bond motifs is 1. The Kier molecular flexibility index (Phi) is 3.90. The van der Waals surface area contributed by atoms with Crippen LogP contribution >= 0.6 is 0 Å². The Bertz CT molecular complexity index is 740. The zero-order valence-electron chi connectivity index (χ0n) is 13.4. The smallest absolute Gasteiger partial charge is 0.225 e. The number of nitrogens with one attached hydrogen (secondary N) is 1. The lowest BCUT2D eigenvalue weighted by Gasteiger charge is -2.31. The lowest BCUT2D eigenvalue weighted by atomic mass is 9.87. The van der Waals surface area contributed by atoms with Crippen molar-refractivity contribution in [2.75, 3.05) is 13.1 Å². The van der Waals surface area contributed by atoms with E-state index >= 15 is 0 Å². The molecule has 1 saturated carbocycles. The summed E-state index contributed by atoms with van der Waals surface area (Å²) in [6.45, 7) is 1.59. The average molecular weight is 309 g/mol. The highest BCUT2D eigenvalue weighted by Gasteiger charge is 2.27. The molecule has 1 amide bonds. The third-order valence-corrected chi connectivity index (χ3v) is 5.27. The highest BCUT2D eigenvalue weighted by Crippen LogP contribution is 2.30. The van der Waals surface area contributed by atoms with Crippen molar-refractivity contribution in [3.63, 3.8) is 0 Å². The number of pyridine rings is 1. The maximum absolute atomic E-state index is 12.6. The SMILES string of the molecule is O=C(C1CCCCC1)N1CC=C(c2c[nH]c3ncccc23)CC1. The summed E-state index contributed by atoms with van der Waals surface area (Å²) in [5, 5.41) is 1.17. The average Bonchev–Trinajstić information content (AvgIpc) is 3.06. The fourth-order valence-electron chi connectivity index (χ4n) is 3.94. The third-order valence-electron chi connectivity index (χ3n) is 5.27. The van der Waals surface area contributed by atoms with Gasteiger partial charge in [-0.2, -0.15) is 0 Å². The molecule has 2 aromatic rings. The second-order valence-corrected chi connectivity index (χ2v) is 6.70. The minimum absolute atomic E-state index is 0.274. The van der Waals surface area contributed by atoms with Crippen LogP contribution in [-0.2, 0) is 4.79 Å². The van der Waals surface area contributed by atoms with Gasteiger partial charge in [-0.1, -0.05) is 25.3 Å². The first-order valence-corrected chi connectivity index (χ1v) is 8.73. The highest BCUT2D eigenvalue weighted by atomic mass is 16.2. The normalized spacial score (nSPS) is 19.8. The van der Waals surface area contributed by atoms with Crippen molar-refractivity contribution in [1.29, 1.82) is 0 Å². The van der Waals surface area contributed by atoms with E-state index in [1.165, 1.54) is 35.8 Å². The second-order valence-electron chi connectivity index (χ2n) is 6.70. The summed E-state index contributed by atoms with van der Waals surface area (Å²) in [4.78, 5) is 22.3. The van der Waals surface area contributed by atoms with Gasteiger partial charge in [0, 0.05) is 42.4 Å². The van der Waals surface area contributed by atoms with E-state index in [1.54, 1.807) is 0 Å². The predicted molar refractivity (Wildman–Crippen MR) is 91.8 cm³/mol. The number of aromatic nitrogens is 2. The van der Waals surface area contributed by atoms with Gasteiger partial charge in [0.15, 0.2) is 0 Å². The second kappa shape index (κ2) is 6.19. The number of rotatable bonds is 2. The van der Waals surface area contributed by atoms with Crippen molar-refractivity contribution in [2.45, 2.75) is 38.5 Å². The quantitative estimate of drug-likeness (QED) is 0.918. The van der Waals surface area contributed by atoms with Gasteiger partial charge in [0.2, 0.25) is 5.91 Å². The topological polar surface area (TPSA) is 49.0 Å². The van der Waals surface area contributed by atoms with Crippen molar-refractivity contribution < 1.29 is 4.79 Å². The van der Waals surface area contributed by atoms with E-state index in [4.69, 9.17) is 0 Å². The summed E-state index contributed by atoms with van der Waals surface area (Å²) in [6, 6.07) is 4.08. The first-order valence-electron chi connectivity index (χ1n) is 8.73. The Hall–Kier alpha value is -2.10. The molecule has 23 heavy (non-hydrogen) atoms. The monoisotopic (exact) mass is 309 g/mol. The third kappa shape index (κ3) is 2.78. The number of hydrogen-bond acceptors (Lipinski definition) is 2. The van der Waals surface area contributed by atoms with Crippen LogP contribution in [0.1, 0.15) is 44.1 Å². The van der Waals surface area contributed by atoms with Crippen LogP contribution in [0.25, 0.3) is 16.6 Å². The Morgan fingerprint density at radius 3 is 2.91 bits per heavy atom. The highest BCUT2D eigenvalue weighted by molar-refractivity contribution is 5.91. The van der Waals surface area contributed by atoms with Crippen molar-refractivity contribution in [3.05, 3.63) is 36.2 Å². The van der Waals surface area contributed by atoms with Gasteiger partial charge in [-0.25, -0.2) is 4.98 Å². The number of nitrogens with zero attached hydrogens (tertiary/aromatic N) is 2. The molecular formula is C19H23N3O. The van der Waals surface area contributed by atoms with Crippen LogP contribution in [0.3, 0.4) is 0 Å². The largest absolute Gasteiger partial charge is 0.346 e. The summed E-state index contributed by atoms with van der Waals surface area (Å²) in [5.41, 5.74) is 3.50. The number of hydrogen-bond donors (Lipinski definition) is 1. The van der Waals surface area contributed by atoms with E-state index in [2.05, 4.69) is 22.1 Å². The Balaban J connectivity index is 1.49. The molecule has 0 atom stereocenters. The number of aromatic amines is 1. The molecule has 120 valence electrons. The van der Waals surface area contributed by atoms with E-state index in [1.807, 2.05) is 23.4 Å². The maximum Gasteiger partial charge on any atom is 0.225 e. The molecule has 4 heteroatoms. The first-order chi connectivity index (χ1) is 11.3. The van der Waals surface area contributed by atoms with Crippen molar-refractivity contribution >= 4 is 22.5 Å². The van der Waals surface area contributed by atoms with E-state index in [0.29, 0.717) is 5.91 Å². The number of carbonyl (C=O) groups is 1. The molecule has 0 aromatic carbocycles. The van der Waals surface area contributed by atoms with Gasteiger partial charge in [0.25, 0.3) is 0 Å². The summed E-state index contributed by atoms with van der Waals surface area (Å²) in [5.74, 6) is 0.650. The van der Waals surface area contributed by atoms with Gasteiger partial charge in [-0.3, -0.25) is 4.79 Å². The molecule has 0 unspecified atom stereocenters. The van der Waals surface area contributed by atoms with Gasteiger partial charge >= 0.3 is 0 Å². The Labute approximate surface area is 136 Å². The molecule has 1 aliphatic carbocycles. The molecule has 2 aromatic heterocycles. The van der Waals surface area contributed by atoms with Crippen LogP contribution in [0.5, 0.6) is 0 Å². The van der Waals surface area contributed by atoms with Crippen molar-refractivity contribution in [2.24, 2.45) is 5.92 Å². The van der Waals surface area contributed by atoms with E-state index in [9.17, 15) is 4.79 Å². The van der Waals surface area contributed by atoms with E-state index < -0.39 is 0 Å². The van der Waals surface area contributed by atoms with E-state index in [0.717, 1.165) is 38.0 Å². The minimum atomic E-state index is 0.274. The maximum atomic E-state index is 12.6. The van der Waals surface area contributed by atoms with Gasteiger partial charge < -0.3 is 9.88 Å². The number of H-pyrrole nitrogens is 1. The van der Waals surface area contributed by atoms with E-state index in [-0.39, 0.29) is 5.92 Å². The standard InChI is InChI=1S/C19H23N3O/c23-19(15-5-2-1-3-6-15)22-11-8-14(9-12-22)17-13-21-18-16(17)7-4-10-20-18/h4,7-8,10,13,15H,1-3,5-6,9,11-12H2,(H,20,21). The zero-order valence-corrected chi connectivity index (χ0v) is 13.4. The van der Waals surface area contributed by atoms with Crippen molar-refractivity contribution in [3.8, 4) is 0 Å². The van der Waals surface area contributed by atoms with Gasteiger partial charge in [0.05, 0.1) is 0 Å². The number of amides is 1. The lowest BCUT2D eigenvalue weighted by Crippen LogP contribution is -2.39. The molecule has 0 radical (unpaired) electrons. The molecule has 1 fully saturated rings. The van der Waals surface area contributed by atoms with Crippen LogP contribution in [0, 0.1) is 5.92 Å². The van der Waals surface area contributed by atoms with Gasteiger partial charge in [-0.05, 0) is 37.0 Å². The fourth-order valence-corrected chi connectivity index (χ4v) is 3.94. The molecule has 3 heterocycles. The molecule has 0 spiro atoms. The molecular weight excluding hydrogens is 286 g/mol. The van der Waals surface area contributed by atoms with Gasteiger partial charge in [0.1, 0.15) is 5.65 Å². The molecule has 1 aliphatic heterocycles. The minimum Gasteiger partial charge on any atom is -0.346 e. The molecule has 4 nitrogen and oxygen atoms in total. The molecule has 0 saturated heterocycles. The fraction of sp³-hybridized carbons (Fsp3) is 0.474. The summed E-state index contributed by atoms with van der Waals surface area (Å²) in [7, 11) is 0. The summed E-state index contributed by atoms with van der Waals surface area (Å²) in [6.07, 6.45) is 12.9. The zero-order chi connectivity index (χ0) is 15.6. The lowest BCUT2D eigenvalue weighted by molar-refractivity contribution is -0.136. The summed E-state index contributed by atoms with van der Waals surface area (Å²) < 4.78 is 0. The van der Waals surface area contributed by atoms with Crippen molar-refractivity contribution in [1.82, 2.24) is 14.9 Å². The van der Waals surface area contributed by atoms with Crippen LogP contribution < -0.4 is 0 Å². The Morgan fingerprint density at radius 1 is 1.26 bits per heavy atom. The van der Waals surface area contributed by atoms with Crippen LogP contribution in [0.2, 0.25) is 0 Å². The molecule has 4 rings (SSSR count). The molecule has 0 bridgehead atoms. The summed E-state index contributed by atoms with van der Waals surface area (Å²) >= 11 is 0. The first kappa shape index (κ1) is 14.5. The predicted octanol–water partition coefficient (Wildman–Crippen LogP) is 3.76. The van der Waals surface area contributed by atoms with Crippen LogP contribution in [-0.4, -0.2) is 33.9 Å². The molecule has 1 N–H and O–H groups in total. The molecule has 2 aliphatic rings. The Morgan fingerprint density at radius 2 is 2.13 bits per heavy atom. The van der Waals surface area contributed by atoms with Crippen LogP contribution in [0.4, 0.5) is 0 Å². The number of carbonyl (C=O) groups excluding carboxylic acids is 1.